The Morgan fingerprint density at radius 3 is 2.80 bits per heavy atom. The molecule has 3 unspecified atom stereocenters. The lowest BCUT2D eigenvalue weighted by Gasteiger charge is -2.41. The van der Waals surface area contributed by atoms with Crippen molar-refractivity contribution in [2.75, 3.05) is 26.2 Å². The van der Waals surface area contributed by atoms with Crippen LogP contribution < -0.4 is 10.9 Å². The van der Waals surface area contributed by atoms with Crippen LogP contribution in [-0.4, -0.2) is 62.9 Å². The molecule has 1 aromatic carbocycles. The molecule has 2 aliphatic heterocycles. The molecule has 1 amide bonds. The van der Waals surface area contributed by atoms with Crippen LogP contribution in [0, 0.1) is 5.92 Å². The van der Waals surface area contributed by atoms with Gasteiger partial charge in [0.2, 0.25) is 5.91 Å². The van der Waals surface area contributed by atoms with Crippen molar-refractivity contribution in [3.8, 4) is 11.3 Å². The van der Waals surface area contributed by atoms with Crippen LogP contribution in [0.5, 0.6) is 0 Å². The van der Waals surface area contributed by atoms with E-state index in [1.807, 2.05) is 35.2 Å². The average Bonchev–Trinajstić information content (AvgIpc) is 3.59. The highest BCUT2D eigenvalue weighted by atomic mass is 16.2. The van der Waals surface area contributed by atoms with Crippen LogP contribution >= 0.6 is 0 Å². The molecule has 2 aromatic heterocycles. The van der Waals surface area contributed by atoms with Gasteiger partial charge in [0, 0.05) is 36.8 Å². The van der Waals surface area contributed by atoms with Crippen molar-refractivity contribution in [1.82, 2.24) is 30.1 Å². The van der Waals surface area contributed by atoms with Gasteiger partial charge < -0.3 is 20.2 Å². The third kappa shape index (κ3) is 5.66. The largest absolute Gasteiger partial charge is 0.381 e. The van der Waals surface area contributed by atoms with Gasteiger partial charge in [-0.2, -0.15) is 0 Å². The molecule has 41 heavy (non-hydrogen) atoms. The van der Waals surface area contributed by atoms with Crippen molar-refractivity contribution in [2.45, 2.75) is 58.0 Å². The molecule has 1 aliphatic carbocycles. The predicted molar refractivity (Wildman–Crippen MR) is 163 cm³/mol. The molecule has 0 saturated carbocycles. The number of imidazole rings is 1. The van der Waals surface area contributed by atoms with Crippen LogP contribution in [0.3, 0.4) is 0 Å². The molecule has 8 nitrogen and oxygen atoms in total. The van der Waals surface area contributed by atoms with Gasteiger partial charge >= 0.3 is 0 Å². The fourth-order valence-corrected chi connectivity index (χ4v) is 6.51. The van der Waals surface area contributed by atoms with Gasteiger partial charge in [0.15, 0.2) is 0 Å². The quantitative estimate of drug-likeness (QED) is 0.323. The summed E-state index contributed by atoms with van der Waals surface area (Å²) in [5, 5.41) is 4.51. The number of pyridine rings is 1. The molecule has 4 heterocycles. The SMILES string of the molecule is CCCCCCN1CCN(C(=O)CC2=C(C)NC3C=CC=CC23)C(c2ncc(-c3cc4ccccc4[nH]c3=O)[nH]2)C1. The summed E-state index contributed by atoms with van der Waals surface area (Å²) in [4.78, 5) is 42.5. The first-order valence-corrected chi connectivity index (χ1v) is 15.0. The van der Waals surface area contributed by atoms with Gasteiger partial charge in [0.1, 0.15) is 11.9 Å². The highest BCUT2D eigenvalue weighted by molar-refractivity contribution is 5.83. The van der Waals surface area contributed by atoms with Crippen molar-refractivity contribution in [3.05, 3.63) is 88.3 Å². The summed E-state index contributed by atoms with van der Waals surface area (Å²) in [6, 6.07) is 9.69. The average molecular weight is 553 g/mol. The van der Waals surface area contributed by atoms with Crippen molar-refractivity contribution >= 4 is 16.8 Å². The van der Waals surface area contributed by atoms with Gasteiger partial charge in [-0.1, -0.05) is 68.7 Å². The lowest BCUT2D eigenvalue weighted by atomic mass is 9.88. The van der Waals surface area contributed by atoms with E-state index in [1.165, 1.54) is 24.8 Å². The number of nitrogens with one attached hydrogen (secondary N) is 3. The number of para-hydroxylation sites is 1. The van der Waals surface area contributed by atoms with Crippen LogP contribution in [0.2, 0.25) is 0 Å². The molecule has 1 fully saturated rings. The zero-order chi connectivity index (χ0) is 28.3. The number of hydrogen-bond donors (Lipinski definition) is 3. The summed E-state index contributed by atoms with van der Waals surface area (Å²) < 4.78 is 0. The molecule has 0 bridgehead atoms. The summed E-state index contributed by atoms with van der Waals surface area (Å²) in [5.74, 6) is 1.08. The molecule has 3 aromatic rings. The Labute approximate surface area is 241 Å². The van der Waals surface area contributed by atoms with E-state index in [4.69, 9.17) is 4.98 Å². The second-order valence-electron chi connectivity index (χ2n) is 11.5. The van der Waals surface area contributed by atoms with Crippen molar-refractivity contribution in [2.24, 2.45) is 5.92 Å². The van der Waals surface area contributed by atoms with E-state index in [0.717, 1.165) is 48.5 Å². The second kappa shape index (κ2) is 11.9. The molecule has 8 heteroatoms. The maximum atomic E-state index is 13.9. The number of unbranched alkanes of at least 4 members (excludes halogenated alkanes) is 3. The number of aromatic amines is 2. The Bertz CT molecular complexity index is 1560. The lowest BCUT2D eigenvalue weighted by Crippen LogP contribution is -2.51. The molecular weight excluding hydrogens is 512 g/mol. The number of aromatic nitrogens is 3. The van der Waals surface area contributed by atoms with Crippen molar-refractivity contribution in [3.63, 3.8) is 0 Å². The highest BCUT2D eigenvalue weighted by Gasteiger charge is 2.37. The number of allylic oxidation sites excluding steroid dienone is 3. The van der Waals surface area contributed by atoms with Crippen LogP contribution in [0.25, 0.3) is 22.2 Å². The van der Waals surface area contributed by atoms with Gasteiger partial charge in [-0.25, -0.2) is 4.98 Å². The fourth-order valence-electron chi connectivity index (χ4n) is 6.51. The maximum absolute atomic E-state index is 13.9. The smallest absolute Gasteiger partial charge is 0.257 e. The highest BCUT2D eigenvalue weighted by Crippen LogP contribution is 2.34. The summed E-state index contributed by atoms with van der Waals surface area (Å²) in [6.07, 6.45) is 15.5. The number of carbonyl (C=O) groups excluding carboxylic acids is 1. The number of fused-ring (bicyclic) bond motifs is 2. The van der Waals surface area contributed by atoms with Gasteiger partial charge in [-0.15, -0.1) is 0 Å². The Morgan fingerprint density at radius 2 is 1.93 bits per heavy atom. The summed E-state index contributed by atoms with van der Waals surface area (Å²) in [6.45, 7) is 7.57. The second-order valence-corrected chi connectivity index (χ2v) is 11.5. The molecule has 3 N–H and O–H groups in total. The first-order chi connectivity index (χ1) is 20.0. The Morgan fingerprint density at radius 1 is 1.07 bits per heavy atom. The van der Waals surface area contributed by atoms with E-state index in [-0.39, 0.29) is 29.5 Å². The number of hydrogen-bond acceptors (Lipinski definition) is 5. The number of H-pyrrole nitrogens is 2. The number of piperazine rings is 1. The van der Waals surface area contributed by atoms with E-state index in [2.05, 4.69) is 58.3 Å². The first-order valence-electron chi connectivity index (χ1n) is 15.0. The van der Waals surface area contributed by atoms with Gasteiger partial charge in [-0.05, 0) is 43.0 Å². The summed E-state index contributed by atoms with van der Waals surface area (Å²) in [7, 11) is 0. The zero-order valence-electron chi connectivity index (χ0n) is 24.0. The number of rotatable bonds is 9. The standard InChI is InChI=1S/C33H40N6O2/c1-3-4-5-10-15-38-16-17-39(31(40)19-25-22(2)35-28-14-9-7-12-24(25)28)30(21-38)32-34-20-29(36-32)26-18-23-11-6-8-13-27(23)37-33(26)41/h6-9,11-14,18,20,24,28,30,35H,3-5,10,15-17,19,21H2,1-2H3,(H,34,36)(H,37,41). The molecular formula is C33H40N6O2. The predicted octanol–water partition coefficient (Wildman–Crippen LogP) is 5.06. The van der Waals surface area contributed by atoms with E-state index < -0.39 is 0 Å². The minimum Gasteiger partial charge on any atom is -0.381 e. The third-order valence-corrected chi connectivity index (χ3v) is 8.81. The molecule has 3 atom stereocenters. The van der Waals surface area contributed by atoms with Crippen molar-refractivity contribution in [1.29, 1.82) is 0 Å². The topological polar surface area (TPSA) is 97.1 Å². The molecule has 214 valence electrons. The van der Waals surface area contributed by atoms with Crippen LogP contribution in [0.15, 0.2) is 76.9 Å². The van der Waals surface area contributed by atoms with Gasteiger partial charge in [0.25, 0.3) is 5.56 Å². The normalized spacial score (nSPS) is 22.4. The van der Waals surface area contributed by atoms with E-state index in [0.29, 0.717) is 24.2 Å². The zero-order valence-corrected chi connectivity index (χ0v) is 24.0. The summed E-state index contributed by atoms with van der Waals surface area (Å²) in [5.41, 5.74) is 4.14. The summed E-state index contributed by atoms with van der Waals surface area (Å²) >= 11 is 0. The lowest BCUT2D eigenvalue weighted by molar-refractivity contribution is -0.136. The van der Waals surface area contributed by atoms with Crippen LogP contribution in [0.4, 0.5) is 0 Å². The molecule has 0 spiro atoms. The minimum absolute atomic E-state index is 0.127. The van der Waals surface area contributed by atoms with Crippen LogP contribution in [0.1, 0.15) is 57.8 Å². The number of benzene rings is 1. The van der Waals surface area contributed by atoms with E-state index in [1.54, 1.807) is 6.20 Å². The number of nitrogens with zero attached hydrogens (tertiary/aromatic N) is 3. The minimum atomic E-state index is -0.205. The molecule has 6 rings (SSSR count). The van der Waals surface area contributed by atoms with Crippen molar-refractivity contribution < 1.29 is 4.79 Å². The van der Waals surface area contributed by atoms with Gasteiger partial charge in [0.05, 0.1) is 29.9 Å². The fraction of sp³-hybridized carbons (Fsp3) is 0.424. The Balaban J connectivity index is 1.26. The van der Waals surface area contributed by atoms with Gasteiger partial charge in [-0.3, -0.25) is 14.5 Å². The monoisotopic (exact) mass is 552 g/mol. The number of amides is 1. The Kier molecular flexibility index (Phi) is 7.92. The number of carbonyl (C=O) groups is 1. The van der Waals surface area contributed by atoms with E-state index >= 15 is 0 Å². The van der Waals surface area contributed by atoms with E-state index in [9.17, 15) is 9.59 Å². The first kappa shape index (κ1) is 27.3. The Hall–Kier alpha value is -3.91. The molecule has 3 aliphatic rings. The third-order valence-electron chi connectivity index (χ3n) is 8.81. The molecule has 0 radical (unpaired) electrons. The maximum Gasteiger partial charge on any atom is 0.257 e. The van der Waals surface area contributed by atoms with Crippen LogP contribution in [-0.2, 0) is 4.79 Å². The molecule has 1 saturated heterocycles.